The average molecular weight is 264 g/mol. The van der Waals surface area contributed by atoms with Gasteiger partial charge in [-0.25, -0.2) is 0 Å². The fourth-order valence-electron chi connectivity index (χ4n) is 2.79. The normalized spacial score (nSPS) is 21.3. The number of carboxylic acids is 1. The molecule has 0 saturated carbocycles. The Morgan fingerprint density at radius 1 is 1.50 bits per heavy atom. The molecule has 3 heteroatoms. The van der Waals surface area contributed by atoms with E-state index < -0.39 is 11.4 Å². The van der Waals surface area contributed by atoms with Gasteiger partial charge in [0, 0.05) is 10.6 Å². The van der Waals surface area contributed by atoms with Crippen LogP contribution in [0.5, 0.6) is 0 Å². The monoisotopic (exact) mass is 264 g/mol. The first-order valence-corrected chi connectivity index (χ1v) is 7.50. The first-order chi connectivity index (χ1) is 8.57. The summed E-state index contributed by atoms with van der Waals surface area (Å²) in [6.45, 7) is 3.95. The molecule has 0 saturated heterocycles. The van der Waals surface area contributed by atoms with Crippen molar-refractivity contribution in [3.8, 4) is 0 Å². The van der Waals surface area contributed by atoms with Crippen molar-refractivity contribution in [3.05, 3.63) is 29.8 Å². The van der Waals surface area contributed by atoms with Gasteiger partial charge in [0.2, 0.25) is 0 Å². The van der Waals surface area contributed by atoms with Crippen LogP contribution in [0.25, 0.3) is 0 Å². The molecule has 0 amide bonds. The van der Waals surface area contributed by atoms with Crippen LogP contribution in [0.2, 0.25) is 0 Å². The molecule has 1 aliphatic heterocycles. The lowest BCUT2D eigenvalue weighted by atomic mass is 9.76. The number of aliphatic carboxylic acids is 1. The molecule has 1 aromatic rings. The molecule has 0 spiro atoms. The van der Waals surface area contributed by atoms with Crippen LogP contribution in [-0.4, -0.2) is 16.8 Å². The zero-order chi connectivity index (χ0) is 13.2. The van der Waals surface area contributed by atoms with E-state index in [1.807, 2.05) is 18.7 Å². The Morgan fingerprint density at radius 3 is 2.89 bits per heavy atom. The molecule has 2 atom stereocenters. The summed E-state index contributed by atoms with van der Waals surface area (Å²) in [7, 11) is 0. The molecule has 0 fully saturated rings. The lowest BCUT2D eigenvalue weighted by Crippen LogP contribution is -2.29. The Labute approximate surface area is 113 Å². The molecule has 0 bridgehead atoms. The minimum Gasteiger partial charge on any atom is -0.481 e. The first kappa shape index (κ1) is 13.5. The fraction of sp³-hybridized carbons (Fsp3) is 0.533. The SMILES string of the molecule is CCCC(C)(CC1CSc2ccccc21)C(=O)O. The third-order valence-corrected chi connectivity index (χ3v) is 5.07. The van der Waals surface area contributed by atoms with Gasteiger partial charge in [-0.15, -0.1) is 11.8 Å². The van der Waals surface area contributed by atoms with Gasteiger partial charge < -0.3 is 5.11 Å². The number of benzene rings is 1. The third-order valence-electron chi connectivity index (χ3n) is 3.81. The van der Waals surface area contributed by atoms with Crippen molar-refractivity contribution >= 4 is 17.7 Å². The molecule has 2 unspecified atom stereocenters. The summed E-state index contributed by atoms with van der Waals surface area (Å²) < 4.78 is 0. The smallest absolute Gasteiger partial charge is 0.309 e. The molecule has 1 aromatic carbocycles. The molecule has 1 N–H and O–H groups in total. The number of carboxylic acid groups (broad SMARTS) is 1. The van der Waals surface area contributed by atoms with Crippen LogP contribution in [-0.2, 0) is 4.79 Å². The average Bonchev–Trinajstić information content (AvgIpc) is 2.73. The van der Waals surface area contributed by atoms with Crippen LogP contribution >= 0.6 is 11.8 Å². The zero-order valence-corrected chi connectivity index (χ0v) is 11.8. The van der Waals surface area contributed by atoms with Gasteiger partial charge >= 0.3 is 5.97 Å². The van der Waals surface area contributed by atoms with E-state index in [0.29, 0.717) is 5.92 Å². The lowest BCUT2D eigenvalue weighted by molar-refractivity contribution is -0.149. The van der Waals surface area contributed by atoms with E-state index in [1.165, 1.54) is 10.5 Å². The lowest BCUT2D eigenvalue weighted by Gasteiger charge is -2.27. The summed E-state index contributed by atoms with van der Waals surface area (Å²) in [6, 6.07) is 8.39. The molecule has 2 rings (SSSR count). The van der Waals surface area contributed by atoms with E-state index in [1.54, 1.807) is 0 Å². The van der Waals surface area contributed by atoms with Gasteiger partial charge in [-0.2, -0.15) is 0 Å². The molecular formula is C15H20O2S. The van der Waals surface area contributed by atoms with Crippen LogP contribution < -0.4 is 0 Å². The second kappa shape index (κ2) is 5.35. The van der Waals surface area contributed by atoms with Crippen molar-refractivity contribution < 1.29 is 9.90 Å². The molecule has 1 aliphatic rings. The van der Waals surface area contributed by atoms with Gasteiger partial charge in [0.25, 0.3) is 0 Å². The maximum Gasteiger partial charge on any atom is 0.309 e. The largest absolute Gasteiger partial charge is 0.481 e. The maximum absolute atomic E-state index is 11.5. The second-order valence-electron chi connectivity index (χ2n) is 5.37. The second-order valence-corrected chi connectivity index (χ2v) is 6.43. The van der Waals surface area contributed by atoms with Gasteiger partial charge in [0.1, 0.15) is 0 Å². The fourth-order valence-corrected chi connectivity index (χ4v) is 4.04. The standard InChI is InChI=1S/C15H20O2S/c1-3-8-15(2,14(16)17)9-11-10-18-13-7-5-4-6-12(11)13/h4-7,11H,3,8-10H2,1-2H3,(H,16,17). The number of hydrogen-bond acceptors (Lipinski definition) is 2. The van der Waals surface area contributed by atoms with Gasteiger partial charge in [-0.05, 0) is 37.3 Å². The Hall–Kier alpha value is -0.960. The molecule has 1 heterocycles. The minimum absolute atomic E-state index is 0.388. The maximum atomic E-state index is 11.5. The Balaban J connectivity index is 2.17. The van der Waals surface area contributed by atoms with Crippen molar-refractivity contribution in [2.75, 3.05) is 5.75 Å². The first-order valence-electron chi connectivity index (χ1n) is 6.52. The summed E-state index contributed by atoms with van der Waals surface area (Å²) in [5, 5.41) is 9.47. The molecular weight excluding hydrogens is 244 g/mol. The summed E-state index contributed by atoms with van der Waals surface area (Å²) in [4.78, 5) is 12.8. The van der Waals surface area contributed by atoms with Crippen molar-refractivity contribution in [1.29, 1.82) is 0 Å². The Kier molecular flexibility index (Phi) is 4.00. The van der Waals surface area contributed by atoms with Crippen LogP contribution in [0.4, 0.5) is 0 Å². The predicted molar refractivity (Wildman–Crippen MR) is 75.2 cm³/mol. The minimum atomic E-state index is -0.654. The number of thioether (sulfide) groups is 1. The number of fused-ring (bicyclic) bond motifs is 1. The van der Waals surface area contributed by atoms with Crippen LogP contribution in [0.3, 0.4) is 0 Å². The number of hydrogen-bond donors (Lipinski definition) is 1. The summed E-state index contributed by atoms with van der Waals surface area (Å²) in [6.07, 6.45) is 2.43. The summed E-state index contributed by atoms with van der Waals surface area (Å²) in [5.74, 6) is 0.754. The number of rotatable bonds is 5. The van der Waals surface area contributed by atoms with E-state index in [2.05, 4.69) is 31.2 Å². The predicted octanol–water partition coefficient (Wildman–Crippen LogP) is 4.16. The van der Waals surface area contributed by atoms with E-state index in [-0.39, 0.29) is 0 Å². The molecule has 0 aliphatic carbocycles. The van der Waals surface area contributed by atoms with Gasteiger partial charge in [-0.1, -0.05) is 31.5 Å². The van der Waals surface area contributed by atoms with Gasteiger partial charge in [0.15, 0.2) is 0 Å². The highest BCUT2D eigenvalue weighted by atomic mass is 32.2. The molecule has 0 aromatic heterocycles. The van der Waals surface area contributed by atoms with Gasteiger partial charge in [0.05, 0.1) is 5.41 Å². The van der Waals surface area contributed by atoms with E-state index in [4.69, 9.17) is 0 Å². The number of carbonyl (C=O) groups is 1. The summed E-state index contributed by atoms with van der Waals surface area (Å²) in [5.41, 5.74) is 0.753. The highest BCUT2D eigenvalue weighted by Crippen LogP contribution is 2.46. The van der Waals surface area contributed by atoms with E-state index in [9.17, 15) is 9.90 Å². The third kappa shape index (κ3) is 2.56. The quantitative estimate of drug-likeness (QED) is 0.867. The molecule has 98 valence electrons. The highest BCUT2D eigenvalue weighted by Gasteiger charge is 2.37. The van der Waals surface area contributed by atoms with Crippen molar-refractivity contribution in [2.24, 2.45) is 5.41 Å². The highest BCUT2D eigenvalue weighted by molar-refractivity contribution is 7.99. The summed E-state index contributed by atoms with van der Waals surface area (Å²) >= 11 is 1.85. The Morgan fingerprint density at radius 2 is 2.22 bits per heavy atom. The molecule has 18 heavy (non-hydrogen) atoms. The van der Waals surface area contributed by atoms with E-state index >= 15 is 0 Å². The zero-order valence-electron chi connectivity index (χ0n) is 11.0. The van der Waals surface area contributed by atoms with Crippen LogP contribution in [0.15, 0.2) is 29.2 Å². The van der Waals surface area contributed by atoms with Crippen molar-refractivity contribution in [3.63, 3.8) is 0 Å². The van der Waals surface area contributed by atoms with Crippen molar-refractivity contribution in [2.45, 2.75) is 43.9 Å². The van der Waals surface area contributed by atoms with Gasteiger partial charge in [-0.3, -0.25) is 4.79 Å². The molecule has 0 radical (unpaired) electrons. The topological polar surface area (TPSA) is 37.3 Å². The Bertz CT molecular complexity index is 444. The van der Waals surface area contributed by atoms with E-state index in [0.717, 1.165) is 25.0 Å². The van der Waals surface area contributed by atoms with Crippen LogP contribution in [0.1, 0.15) is 44.6 Å². The molecule has 2 nitrogen and oxygen atoms in total. The van der Waals surface area contributed by atoms with Crippen molar-refractivity contribution in [1.82, 2.24) is 0 Å². The van der Waals surface area contributed by atoms with Crippen LogP contribution in [0, 0.1) is 5.41 Å².